The summed E-state index contributed by atoms with van der Waals surface area (Å²) in [6.07, 6.45) is 1.46. The van der Waals surface area contributed by atoms with Crippen molar-refractivity contribution in [2.75, 3.05) is 13.1 Å². The van der Waals surface area contributed by atoms with E-state index in [1.54, 1.807) is 18.2 Å². The van der Waals surface area contributed by atoms with E-state index < -0.39 is 10.0 Å². The van der Waals surface area contributed by atoms with E-state index in [0.29, 0.717) is 17.4 Å². The van der Waals surface area contributed by atoms with Gasteiger partial charge in [0.25, 0.3) is 10.0 Å². The average Bonchev–Trinajstić information content (AvgIpc) is 3.21. The molecule has 8 heteroatoms. The lowest BCUT2D eigenvalue weighted by Crippen LogP contribution is -2.37. The third-order valence-corrected chi connectivity index (χ3v) is 8.24. The van der Waals surface area contributed by atoms with Gasteiger partial charge < -0.3 is 4.98 Å². The molecule has 25 heavy (non-hydrogen) atoms. The Hall–Kier alpha value is -1.41. The molecule has 0 spiro atoms. The van der Waals surface area contributed by atoms with E-state index in [0.717, 1.165) is 40.8 Å². The highest BCUT2D eigenvalue weighted by Crippen LogP contribution is 2.34. The highest BCUT2D eigenvalue weighted by molar-refractivity contribution is 7.91. The summed E-state index contributed by atoms with van der Waals surface area (Å²) in [6.45, 7) is 0.929. The molecule has 0 amide bonds. The topological polar surface area (TPSA) is 53.2 Å². The molecule has 0 saturated carbocycles. The Kier molecular flexibility index (Phi) is 4.35. The summed E-state index contributed by atoms with van der Waals surface area (Å²) in [6, 6.07) is 9.80. The predicted octanol–water partition coefficient (Wildman–Crippen LogP) is 4.59. The second-order valence-corrected chi connectivity index (χ2v) is 10.1. The number of piperidine rings is 1. The van der Waals surface area contributed by atoms with Crippen LogP contribution in [-0.4, -0.2) is 30.8 Å². The van der Waals surface area contributed by atoms with Gasteiger partial charge in [-0.15, -0.1) is 11.3 Å². The van der Waals surface area contributed by atoms with Crippen LogP contribution >= 0.6 is 22.9 Å². The molecule has 3 heterocycles. The Labute approximate surface area is 154 Å². The number of thiophene rings is 1. The van der Waals surface area contributed by atoms with Crippen LogP contribution in [0.1, 0.15) is 24.5 Å². The lowest BCUT2D eigenvalue weighted by molar-refractivity contribution is 0.318. The molecule has 0 atom stereocenters. The zero-order valence-electron chi connectivity index (χ0n) is 13.2. The summed E-state index contributed by atoms with van der Waals surface area (Å²) < 4.78 is 40.9. The van der Waals surface area contributed by atoms with Crippen LogP contribution in [-0.2, 0) is 10.0 Å². The average molecular weight is 399 g/mol. The Bertz CT molecular complexity index is 1020. The molecular formula is C17H16ClFN2O2S2. The molecule has 2 aromatic heterocycles. The summed E-state index contributed by atoms with van der Waals surface area (Å²) in [7, 11) is -3.47. The number of nitrogens with zero attached hydrogens (tertiary/aromatic N) is 1. The van der Waals surface area contributed by atoms with Crippen LogP contribution in [0.5, 0.6) is 0 Å². The number of fused-ring (bicyclic) bond motifs is 1. The number of H-pyrrole nitrogens is 1. The predicted molar refractivity (Wildman–Crippen MR) is 98.3 cm³/mol. The van der Waals surface area contributed by atoms with Gasteiger partial charge in [0, 0.05) is 35.6 Å². The van der Waals surface area contributed by atoms with E-state index in [2.05, 4.69) is 4.98 Å². The normalized spacial score (nSPS) is 17.4. The molecule has 0 bridgehead atoms. The zero-order valence-corrected chi connectivity index (χ0v) is 15.6. The van der Waals surface area contributed by atoms with E-state index in [9.17, 15) is 12.8 Å². The molecule has 1 fully saturated rings. The first-order valence-electron chi connectivity index (χ1n) is 7.97. The van der Waals surface area contributed by atoms with Gasteiger partial charge in [-0.3, -0.25) is 0 Å². The first-order chi connectivity index (χ1) is 11.9. The van der Waals surface area contributed by atoms with Gasteiger partial charge in [0.1, 0.15) is 10.0 Å². The molecule has 132 valence electrons. The molecule has 1 saturated heterocycles. The van der Waals surface area contributed by atoms with Gasteiger partial charge in [0.2, 0.25) is 0 Å². The quantitative estimate of drug-likeness (QED) is 0.701. The summed E-state index contributed by atoms with van der Waals surface area (Å²) in [5, 5.41) is 0.846. The van der Waals surface area contributed by atoms with Crippen molar-refractivity contribution in [1.82, 2.24) is 9.29 Å². The van der Waals surface area contributed by atoms with Crippen LogP contribution < -0.4 is 0 Å². The van der Waals surface area contributed by atoms with Gasteiger partial charge in [-0.25, -0.2) is 12.8 Å². The molecule has 4 rings (SSSR count). The Morgan fingerprint density at radius 2 is 1.92 bits per heavy atom. The second-order valence-electron chi connectivity index (χ2n) is 6.19. The van der Waals surface area contributed by atoms with E-state index in [1.807, 2.05) is 6.07 Å². The van der Waals surface area contributed by atoms with Gasteiger partial charge in [-0.05, 0) is 49.2 Å². The number of benzene rings is 1. The highest BCUT2D eigenvalue weighted by Gasteiger charge is 2.31. The van der Waals surface area contributed by atoms with Crippen molar-refractivity contribution in [3.63, 3.8) is 0 Å². The van der Waals surface area contributed by atoms with Gasteiger partial charge in [-0.2, -0.15) is 4.31 Å². The molecule has 0 aliphatic carbocycles. The van der Waals surface area contributed by atoms with Gasteiger partial charge in [0.05, 0.1) is 4.34 Å². The SMILES string of the molecule is O=S(=O)(c1ccc(Cl)s1)N1CCC(c2cc3cc(F)ccc3[nH]2)CC1. The van der Waals surface area contributed by atoms with Crippen molar-refractivity contribution in [3.05, 3.63) is 52.2 Å². The lowest BCUT2D eigenvalue weighted by Gasteiger charge is -2.30. The number of aromatic nitrogens is 1. The number of sulfonamides is 1. The van der Waals surface area contributed by atoms with Crippen molar-refractivity contribution >= 4 is 43.9 Å². The van der Waals surface area contributed by atoms with Crippen LogP contribution in [0.3, 0.4) is 0 Å². The first kappa shape index (κ1) is 17.0. The van der Waals surface area contributed by atoms with Gasteiger partial charge in [0.15, 0.2) is 0 Å². The molecular weight excluding hydrogens is 383 g/mol. The maximum Gasteiger partial charge on any atom is 0.252 e. The van der Waals surface area contributed by atoms with Gasteiger partial charge >= 0.3 is 0 Å². The molecule has 1 aliphatic heterocycles. The third kappa shape index (κ3) is 3.21. The number of hydrogen-bond acceptors (Lipinski definition) is 3. The maximum absolute atomic E-state index is 13.3. The van der Waals surface area contributed by atoms with Crippen LogP contribution in [0.15, 0.2) is 40.6 Å². The zero-order chi connectivity index (χ0) is 17.6. The monoisotopic (exact) mass is 398 g/mol. The first-order valence-corrected chi connectivity index (χ1v) is 10.6. The maximum atomic E-state index is 13.3. The van der Waals surface area contributed by atoms with Crippen molar-refractivity contribution < 1.29 is 12.8 Å². The standard InChI is InChI=1S/C17H16ClFN2O2S2/c18-16-3-4-17(24-16)25(22,23)21-7-5-11(6-8-21)15-10-12-9-13(19)1-2-14(12)20-15/h1-4,9-11,20H,5-8H2. The minimum Gasteiger partial charge on any atom is -0.358 e. The van der Waals surface area contributed by atoms with Gasteiger partial charge in [-0.1, -0.05) is 11.6 Å². The molecule has 1 aliphatic rings. The number of rotatable bonds is 3. The van der Waals surface area contributed by atoms with E-state index in [4.69, 9.17) is 11.6 Å². The Morgan fingerprint density at radius 1 is 1.16 bits per heavy atom. The van der Waals surface area contributed by atoms with Crippen molar-refractivity contribution in [2.24, 2.45) is 0 Å². The molecule has 1 aromatic carbocycles. The lowest BCUT2D eigenvalue weighted by atomic mass is 9.95. The fourth-order valence-corrected chi connectivity index (χ4v) is 6.42. The van der Waals surface area contributed by atoms with E-state index >= 15 is 0 Å². The third-order valence-electron chi connectivity index (χ3n) is 4.64. The van der Waals surface area contributed by atoms with Crippen LogP contribution in [0, 0.1) is 5.82 Å². The molecule has 0 radical (unpaired) electrons. The van der Waals surface area contributed by atoms with Crippen molar-refractivity contribution in [3.8, 4) is 0 Å². The van der Waals surface area contributed by atoms with E-state index in [-0.39, 0.29) is 15.9 Å². The van der Waals surface area contributed by atoms with Crippen molar-refractivity contribution in [2.45, 2.75) is 23.0 Å². The largest absolute Gasteiger partial charge is 0.358 e. The smallest absolute Gasteiger partial charge is 0.252 e. The molecule has 1 N–H and O–H groups in total. The Balaban J connectivity index is 1.50. The molecule has 0 unspecified atom stereocenters. The molecule has 4 nitrogen and oxygen atoms in total. The number of aromatic amines is 1. The summed E-state index contributed by atoms with van der Waals surface area (Å²) in [4.78, 5) is 3.33. The molecule has 3 aromatic rings. The summed E-state index contributed by atoms with van der Waals surface area (Å²) >= 11 is 6.95. The minimum absolute atomic E-state index is 0.244. The second kappa shape index (κ2) is 6.39. The van der Waals surface area contributed by atoms with Crippen molar-refractivity contribution in [1.29, 1.82) is 0 Å². The van der Waals surface area contributed by atoms with Crippen LogP contribution in [0.25, 0.3) is 10.9 Å². The number of hydrogen-bond donors (Lipinski definition) is 1. The van der Waals surface area contributed by atoms with Crippen LogP contribution in [0.4, 0.5) is 4.39 Å². The summed E-state index contributed by atoms with van der Waals surface area (Å²) in [5.74, 6) is -0.0117. The fraction of sp³-hybridized carbons (Fsp3) is 0.294. The minimum atomic E-state index is -3.47. The summed E-state index contributed by atoms with van der Waals surface area (Å²) in [5.41, 5.74) is 1.94. The van der Waals surface area contributed by atoms with E-state index in [1.165, 1.54) is 16.4 Å². The van der Waals surface area contributed by atoms with Crippen LogP contribution in [0.2, 0.25) is 4.34 Å². The Morgan fingerprint density at radius 3 is 2.60 bits per heavy atom. The fourth-order valence-electron chi connectivity index (χ4n) is 3.32. The number of nitrogens with one attached hydrogen (secondary N) is 1. The highest BCUT2D eigenvalue weighted by atomic mass is 35.5. The number of halogens is 2.